The van der Waals surface area contributed by atoms with Gasteiger partial charge in [0.2, 0.25) is 5.91 Å². The highest BCUT2D eigenvalue weighted by Gasteiger charge is 2.23. The third-order valence-electron chi connectivity index (χ3n) is 4.94. The van der Waals surface area contributed by atoms with Crippen LogP contribution in [0.1, 0.15) is 23.8 Å². The Morgan fingerprint density at radius 2 is 2.29 bits per heavy atom. The Balaban J connectivity index is 1.59. The second-order valence-electron chi connectivity index (χ2n) is 7.07. The number of hydrogen-bond donors (Lipinski definition) is 1. The van der Waals surface area contributed by atoms with Crippen LogP contribution in [0.25, 0.3) is 10.2 Å². The van der Waals surface area contributed by atoms with Crippen LogP contribution < -0.4 is 10.9 Å². The van der Waals surface area contributed by atoms with Gasteiger partial charge in [0.05, 0.1) is 16.6 Å². The number of thiophene rings is 1. The molecule has 0 unspecified atom stereocenters. The van der Waals surface area contributed by atoms with Gasteiger partial charge in [0.1, 0.15) is 11.4 Å². The molecule has 1 aromatic carbocycles. The molecule has 1 amide bonds. The number of carbonyl (C=O) groups is 1. The lowest BCUT2D eigenvalue weighted by molar-refractivity contribution is -0.384. The van der Waals surface area contributed by atoms with Crippen LogP contribution in [0.3, 0.4) is 0 Å². The molecule has 0 spiro atoms. The van der Waals surface area contributed by atoms with Crippen molar-refractivity contribution >= 4 is 38.8 Å². The second kappa shape index (κ2) is 7.16. The van der Waals surface area contributed by atoms with E-state index in [0.717, 1.165) is 29.7 Å². The van der Waals surface area contributed by atoms with Crippen molar-refractivity contribution in [1.82, 2.24) is 9.55 Å². The van der Waals surface area contributed by atoms with Gasteiger partial charge in [-0.2, -0.15) is 0 Å². The predicted molar refractivity (Wildman–Crippen MR) is 107 cm³/mol. The number of non-ortho nitro benzene ring substituents is 1. The number of nitrogens with one attached hydrogen (secondary N) is 1. The monoisotopic (exact) mass is 398 g/mol. The van der Waals surface area contributed by atoms with E-state index >= 15 is 0 Å². The van der Waals surface area contributed by atoms with Crippen LogP contribution in [-0.4, -0.2) is 20.4 Å². The number of benzene rings is 1. The van der Waals surface area contributed by atoms with E-state index in [0.29, 0.717) is 17.0 Å². The molecule has 1 aliphatic carbocycles. The van der Waals surface area contributed by atoms with Crippen molar-refractivity contribution < 1.29 is 9.72 Å². The Bertz CT molecular complexity index is 1150. The molecule has 8 nitrogen and oxygen atoms in total. The summed E-state index contributed by atoms with van der Waals surface area (Å²) < 4.78 is 1.29. The Morgan fingerprint density at radius 3 is 3.07 bits per heavy atom. The lowest BCUT2D eigenvalue weighted by atomic mass is 9.89. The number of amides is 1. The van der Waals surface area contributed by atoms with E-state index in [1.54, 1.807) is 17.4 Å². The molecule has 0 bridgehead atoms. The molecular weight excluding hydrogens is 380 g/mol. The fraction of sp³-hybridized carbons (Fsp3) is 0.316. The van der Waals surface area contributed by atoms with E-state index < -0.39 is 10.8 Å². The minimum Gasteiger partial charge on any atom is -0.324 e. The molecule has 3 aromatic rings. The lowest BCUT2D eigenvalue weighted by Crippen LogP contribution is -2.28. The van der Waals surface area contributed by atoms with Gasteiger partial charge in [-0.05, 0) is 36.8 Å². The van der Waals surface area contributed by atoms with E-state index in [1.165, 1.54) is 34.0 Å². The molecule has 1 N–H and O–H groups in total. The SMILES string of the molecule is C[C@@H]1CCc2c(sc3ncn(CC(=O)Nc4cccc([N+](=O)[O-])c4)c(=O)c23)C1. The van der Waals surface area contributed by atoms with Crippen molar-refractivity contribution in [1.29, 1.82) is 0 Å². The van der Waals surface area contributed by atoms with Gasteiger partial charge in [-0.1, -0.05) is 13.0 Å². The van der Waals surface area contributed by atoms with Crippen LogP contribution in [0, 0.1) is 16.0 Å². The fourth-order valence-corrected chi connectivity index (χ4v) is 4.87. The largest absolute Gasteiger partial charge is 0.324 e. The van der Waals surface area contributed by atoms with Crippen LogP contribution in [0.5, 0.6) is 0 Å². The summed E-state index contributed by atoms with van der Waals surface area (Å²) in [5.74, 6) is 0.157. The second-order valence-corrected chi connectivity index (χ2v) is 8.15. The first-order chi connectivity index (χ1) is 13.4. The maximum Gasteiger partial charge on any atom is 0.271 e. The molecule has 4 rings (SSSR count). The Hall–Kier alpha value is -3.07. The predicted octanol–water partition coefficient (Wildman–Crippen LogP) is 3.13. The first kappa shape index (κ1) is 18.3. The molecule has 0 radical (unpaired) electrons. The van der Waals surface area contributed by atoms with Gasteiger partial charge in [-0.25, -0.2) is 4.98 Å². The smallest absolute Gasteiger partial charge is 0.271 e. The van der Waals surface area contributed by atoms with Crippen molar-refractivity contribution in [3.63, 3.8) is 0 Å². The van der Waals surface area contributed by atoms with E-state index in [9.17, 15) is 19.7 Å². The molecule has 1 atom stereocenters. The molecular formula is C19H18N4O4S. The van der Waals surface area contributed by atoms with Crippen molar-refractivity contribution in [2.45, 2.75) is 32.7 Å². The van der Waals surface area contributed by atoms with Gasteiger partial charge >= 0.3 is 0 Å². The first-order valence-corrected chi connectivity index (χ1v) is 9.78. The number of hydrogen-bond acceptors (Lipinski definition) is 6. The molecule has 1 aliphatic rings. The molecule has 9 heteroatoms. The van der Waals surface area contributed by atoms with Crippen LogP contribution >= 0.6 is 11.3 Å². The van der Waals surface area contributed by atoms with Crippen LogP contribution in [0.15, 0.2) is 35.4 Å². The number of nitro groups is 1. The number of rotatable bonds is 4. The summed E-state index contributed by atoms with van der Waals surface area (Å²) in [4.78, 5) is 41.9. The number of nitrogens with zero attached hydrogens (tertiary/aromatic N) is 3. The summed E-state index contributed by atoms with van der Waals surface area (Å²) >= 11 is 1.56. The molecule has 144 valence electrons. The van der Waals surface area contributed by atoms with Crippen molar-refractivity contribution in [2.24, 2.45) is 5.92 Å². The van der Waals surface area contributed by atoms with Gasteiger partial charge in [-0.3, -0.25) is 24.3 Å². The molecule has 0 aliphatic heterocycles. The molecule has 2 aromatic heterocycles. The number of fused-ring (bicyclic) bond motifs is 3. The summed E-state index contributed by atoms with van der Waals surface area (Å²) in [5, 5.41) is 14.1. The number of aryl methyl sites for hydroxylation is 1. The summed E-state index contributed by atoms with van der Waals surface area (Å²) in [5.41, 5.74) is 1.05. The van der Waals surface area contributed by atoms with E-state index in [2.05, 4.69) is 17.2 Å². The fourth-order valence-electron chi connectivity index (χ4n) is 3.53. The van der Waals surface area contributed by atoms with Crippen LogP contribution in [0.2, 0.25) is 0 Å². The van der Waals surface area contributed by atoms with Crippen molar-refractivity contribution in [3.8, 4) is 0 Å². The zero-order chi connectivity index (χ0) is 19.8. The Labute approximate surface area is 164 Å². The summed E-state index contributed by atoms with van der Waals surface area (Å²) in [6.07, 6.45) is 4.25. The van der Waals surface area contributed by atoms with Gasteiger partial charge in [0, 0.05) is 22.7 Å². The maximum absolute atomic E-state index is 12.9. The molecule has 0 fully saturated rings. The lowest BCUT2D eigenvalue weighted by Gasteiger charge is -2.17. The van der Waals surface area contributed by atoms with Crippen LogP contribution in [0.4, 0.5) is 11.4 Å². The third kappa shape index (κ3) is 3.40. The number of anilines is 1. The topological polar surface area (TPSA) is 107 Å². The standard InChI is InChI=1S/C19H18N4O4S/c1-11-5-6-14-15(7-11)28-18-17(14)19(25)22(10-20-18)9-16(24)21-12-3-2-4-13(8-12)23(26)27/h2-4,8,10-11H,5-7,9H2,1H3,(H,21,24)/t11-/m1/s1. The van der Waals surface area contributed by atoms with Gasteiger partial charge in [0.15, 0.2) is 0 Å². The quantitative estimate of drug-likeness (QED) is 0.537. The highest BCUT2D eigenvalue weighted by molar-refractivity contribution is 7.18. The van der Waals surface area contributed by atoms with Gasteiger partial charge < -0.3 is 5.32 Å². The first-order valence-electron chi connectivity index (χ1n) is 8.96. The molecule has 0 saturated heterocycles. The van der Waals surface area contributed by atoms with Crippen molar-refractivity contribution in [3.05, 3.63) is 61.5 Å². The summed E-state index contributed by atoms with van der Waals surface area (Å²) in [6, 6.07) is 5.68. The van der Waals surface area contributed by atoms with E-state index in [-0.39, 0.29) is 17.8 Å². The normalized spacial score (nSPS) is 16.0. The minimum absolute atomic E-state index is 0.114. The maximum atomic E-state index is 12.9. The summed E-state index contributed by atoms with van der Waals surface area (Å²) in [6.45, 7) is 2.00. The van der Waals surface area contributed by atoms with Crippen LogP contribution in [-0.2, 0) is 24.2 Å². The van der Waals surface area contributed by atoms with E-state index in [4.69, 9.17) is 0 Å². The average Bonchev–Trinajstić information content (AvgIpc) is 3.02. The van der Waals surface area contributed by atoms with Crippen molar-refractivity contribution in [2.75, 3.05) is 5.32 Å². The zero-order valence-electron chi connectivity index (χ0n) is 15.2. The number of aromatic nitrogens is 2. The molecule has 0 saturated carbocycles. The van der Waals surface area contributed by atoms with Gasteiger partial charge in [0.25, 0.3) is 11.2 Å². The number of nitro benzene ring substituents is 1. The average molecular weight is 398 g/mol. The highest BCUT2D eigenvalue weighted by atomic mass is 32.1. The molecule has 2 heterocycles. The Kier molecular flexibility index (Phi) is 4.68. The van der Waals surface area contributed by atoms with E-state index in [1.807, 2.05) is 0 Å². The third-order valence-corrected chi connectivity index (χ3v) is 6.10. The number of carbonyl (C=O) groups excluding carboxylic acids is 1. The highest BCUT2D eigenvalue weighted by Crippen LogP contribution is 2.35. The summed E-state index contributed by atoms with van der Waals surface area (Å²) in [7, 11) is 0. The zero-order valence-corrected chi connectivity index (χ0v) is 16.0. The molecule has 28 heavy (non-hydrogen) atoms. The van der Waals surface area contributed by atoms with Gasteiger partial charge in [-0.15, -0.1) is 11.3 Å². The Morgan fingerprint density at radius 1 is 1.46 bits per heavy atom. The minimum atomic E-state index is -0.529.